The first kappa shape index (κ1) is 19.3. The van der Waals surface area contributed by atoms with E-state index in [1.165, 1.54) is 4.57 Å². The van der Waals surface area contributed by atoms with Crippen molar-refractivity contribution in [3.05, 3.63) is 74.2 Å². The molecule has 2 aromatic carbocycles. The molecule has 3 rings (SSSR count). The fourth-order valence-corrected chi connectivity index (χ4v) is 3.50. The molecule has 27 heavy (non-hydrogen) atoms. The van der Waals surface area contributed by atoms with Gasteiger partial charge in [0.05, 0.1) is 10.9 Å². The summed E-state index contributed by atoms with van der Waals surface area (Å²) in [6.07, 6.45) is 0.810. The molecule has 0 radical (unpaired) electrons. The van der Waals surface area contributed by atoms with E-state index in [0.29, 0.717) is 27.1 Å². The Labute approximate surface area is 167 Å². The summed E-state index contributed by atoms with van der Waals surface area (Å²) < 4.78 is 1.74. The number of carbonyl (C=O) groups excluding carboxylic acids is 1. The number of nitrogens with zero attached hydrogens (tertiary/aromatic N) is 1. The van der Waals surface area contributed by atoms with E-state index in [1.807, 2.05) is 37.3 Å². The molecule has 140 valence electrons. The van der Waals surface area contributed by atoms with Crippen LogP contribution in [-0.2, 0) is 17.8 Å². The molecule has 3 aromatic rings. The lowest BCUT2D eigenvalue weighted by molar-refractivity contribution is -0.121. The molecule has 0 unspecified atom stereocenters. The Hall–Kier alpha value is -2.44. The summed E-state index contributed by atoms with van der Waals surface area (Å²) in [5.41, 5.74) is 1.49. The average Bonchev–Trinajstić information content (AvgIpc) is 2.63. The van der Waals surface area contributed by atoms with Gasteiger partial charge in [-0.25, -0.2) is 0 Å². The molecule has 0 fully saturated rings. The highest BCUT2D eigenvalue weighted by Crippen LogP contribution is 2.16. The first-order valence-corrected chi connectivity index (χ1v) is 9.49. The molecular weight excluding hydrogens is 382 g/mol. The first-order chi connectivity index (χ1) is 13.0. The van der Waals surface area contributed by atoms with E-state index in [0.717, 1.165) is 5.56 Å². The van der Waals surface area contributed by atoms with Crippen LogP contribution in [0, 0.1) is 4.77 Å². The van der Waals surface area contributed by atoms with Gasteiger partial charge >= 0.3 is 0 Å². The lowest BCUT2D eigenvalue weighted by Crippen LogP contribution is -2.35. The van der Waals surface area contributed by atoms with Gasteiger partial charge in [-0.05, 0) is 49.3 Å². The molecule has 5 nitrogen and oxygen atoms in total. The lowest BCUT2D eigenvalue weighted by atomic mass is 10.1. The van der Waals surface area contributed by atoms with Crippen molar-refractivity contribution in [3.8, 4) is 0 Å². The number of nitrogens with one attached hydrogen (secondary N) is 2. The zero-order valence-electron chi connectivity index (χ0n) is 14.9. The largest absolute Gasteiger partial charge is 0.353 e. The van der Waals surface area contributed by atoms with Crippen molar-refractivity contribution in [3.63, 3.8) is 0 Å². The molecule has 1 heterocycles. The smallest absolute Gasteiger partial charge is 0.262 e. The van der Waals surface area contributed by atoms with Gasteiger partial charge in [0, 0.05) is 24.0 Å². The number of aromatic nitrogens is 2. The van der Waals surface area contributed by atoms with Gasteiger partial charge in [0.2, 0.25) is 5.91 Å². The summed E-state index contributed by atoms with van der Waals surface area (Å²) in [4.78, 5) is 27.9. The van der Waals surface area contributed by atoms with Crippen LogP contribution >= 0.6 is 23.8 Å². The molecule has 1 atom stereocenters. The summed E-state index contributed by atoms with van der Waals surface area (Å²) >= 11 is 11.4. The van der Waals surface area contributed by atoms with Crippen LogP contribution in [0.25, 0.3) is 10.9 Å². The minimum absolute atomic E-state index is 0.0692. The number of para-hydroxylation sites is 1. The Bertz CT molecular complexity index is 1090. The number of hydrogen-bond donors (Lipinski definition) is 2. The third kappa shape index (κ3) is 4.64. The van der Waals surface area contributed by atoms with Crippen LogP contribution in [0.5, 0.6) is 0 Å². The predicted octanol–water partition coefficient (Wildman–Crippen LogP) is 3.85. The zero-order chi connectivity index (χ0) is 19.4. The third-order valence-corrected chi connectivity index (χ3v) is 5.03. The topological polar surface area (TPSA) is 66.9 Å². The van der Waals surface area contributed by atoms with Crippen molar-refractivity contribution < 1.29 is 4.79 Å². The number of aromatic amines is 1. The van der Waals surface area contributed by atoms with E-state index in [-0.39, 0.29) is 30.5 Å². The molecule has 0 saturated heterocycles. The zero-order valence-corrected chi connectivity index (χ0v) is 16.4. The molecule has 2 N–H and O–H groups in total. The third-order valence-electron chi connectivity index (χ3n) is 4.34. The molecule has 1 amide bonds. The molecule has 0 aliphatic heterocycles. The fourth-order valence-electron chi connectivity index (χ4n) is 3.01. The minimum Gasteiger partial charge on any atom is -0.353 e. The van der Waals surface area contributed by atoms with Gasteiger partial charge in [-0.3, -0.25) is 14.2 Å². The van der Waals surface area contributed by atoms with Gasteiger partial charge in [0.1, 0.15) is 0 Å². The number of rotatable bonds is 6. The van der Waals surface area contributed by atoms with E-state index in [1.54, 1.807) is 18.2 Å². The number of halogens is 1. The summed E-state index contributed by atoms with van der Waals surface area (Å²) in [7, 11) is 0. The number of carbonyl (C=O) groups is 1. The molecule has 0 spiro atoms. The van der Waals surface area contributed by atoms with Gasteiger partial charge < -0.3 is 10.3 Å². The van der Waals surface area contributed by atoms with Crippen LogP contribution in [0.3, 0.4) is 0 Å². The maximum absolute atomic E-state index is 12.6. The second-order valence-electron chi connectivity index (χ2n) is 6.45. The van der Waals surface area contributed by atoms with Crippen molar-refractivity contribution in [1.29, 1.82) is 0 Å². The van der Waals surface area contributed by atoms with Crippen LogP contribution in [0.1, 0.15) is 18.9 Å². The second kappa shape index (κ2) is 8.50. The SMILES string of the molecule is C[C@H](Cc1ccccc1Cl)NC(=O)CCn1c(=S)[nH]c2ccccc2c1=O. The van der Waals surface area contributed by atoms with Crippen molar-refractivity contribution in [2.75, 3.05) is 0 Å². The van der Waals surface area contributed by atoms with E-state index < -0.39 is 0 Å². The highest BCUT2D eigenvalue weighted by Gasteiger charge is 2.12. The van der Waals surface area contributed by atoms with Crippen LogP contribution < -0.4 is 10.9 Å². The van der Waals surface area contributed by atoms with Gasteiger partial charge in [0.15, 0.2) is 4.77 Å². The van der Waals surface area contributed by atoms with Gasteiger partial charge in [0.25, 0.3) is 5.56 Å². The maximum atomic E-state index is 12.6. The average molecular weight is 402 g/mol. The van der Waals surface area contributed by atoms with Gasteiger partial charge in [-0.1, -0.05) is 41.9 Å². The van der Waals surface area contributed by atoms with Crippen LogP contribution in [-0.4, -0.2) is 21.5 Å². The predicted molar refractivity (Wildman–Crippen MR) is 111 cm³/mol. The van der Waals surface area contributed by atoms with Crippen molar-refractivity contribution in [2.24, 2.45) is 0 Å². The summed E-state index contributed by atoms with van der Waals surface area (Å²) in [5.74, 6) is -0.135. The van der Waals surface area contributed by atoms with E-state index in [9.17, 15) is 9.59 Å². The van der Waals surface area contributed by atoms with E-state index in [4.69, 9.17) is 23.8 Å². The fraction of sp³-hybridized carbons (Fsp3) is 0.250. The molecule has 0 saturated carbocycles. The Morgan fingerprint density at radius 3 is 2.70 bits per heavy atom. The first-order valence-electron chi connectivity index (χ1n) is 8.70. The number of amides is 1. The maximum Gasteiger partial charge on any atom is 0.262 e. The number of H-pyrrole nitrogens is 1. The summed E-state index contributed by atoms with van der Waals surface area (Å²) in [6, 6.07) is 14.7. The highest BCUT2D eigenvalue weighted by molar-refractivity contribution is 7.71. The second-order valence-corrected chi connectivity index (χ2v) is 7.24. The molecule has 0 aliphatic carbocycles. The van der Waals surface area contributed by atoms with Gasteiger partial charge in [-0.15, -0.1) is 0 Å². The Morgan fingerprint density at radius 1 is 1.22 bits per heavy atom. The molecule has 0 bridgehead atoms. The summed E-state index contributed by atoms with van der Waals surface area (Å²) in [5, 5.41) is 4.19. The van der Waals surface area contributed by atoms with Crippen LogP contribution in [0.2, 0.25) is 5.02 Å². The van der Waals surface area contributed by atoms with Crippen LogP contribution in [0.4, 0.5) is 0 Å². The Morgan fingerprint density at radius 2 is 1.93 bits per heavy atom. The van der Waals surface area contributed by atoms with Gasteiger partial charge in [-0.2, -0.15) is 0 Å². The number of benzene rings is 2. The molecular formula is C20H20ClN3O2S. The Balaban J connectivity index is 1.64. The standard InChI is InChI=1S/C20H20ClN3O2S/c1-13(12-14-6-2-4-8-16(14)21)22-18(25)10-11-24-19(26)15-7-3-5-9-17(15)23-20(24)27/h2-9,13H,10-12H2,1H3,(H,22,25)(H,23,27)/t13-/m1/s1. The van der Waals surface area contributed by atoms with Crippen molar-refractivity contribution >= 4 is 40.6 Å². The molecule has 7 heteroatoms. The lowest BCUT2D eigenvalue weighted by Gasteiger charge is -2.15. The van der Waals surface area contributed by atoms with Crippen molar-refractivity contribution in [1.82, 2.24) is 14.9 Å². The minimum atomic E-state index is -0.189. The number of hydrogen-bond acceptors (Lipinski definition) is 3. The van der Waals surface area contributed by atoms with E-state index >= 15 is 0 Å². The molecule has 0 aliphatic rings. The highest BCUT2D eigenvalue weighted by atomic mass is 35.5. The quantitative estimate of drug-likeness (QED) is 0.616. The summed E-state index contributed by atoms with van der Waals surface area (Å²) in [6.45, 7) is 2.15. The Kier molecular flexibility index (Phi) is 6.08. The molecule has 1 aromatic heterocycles. The monoisotopic (exact) mass is 401 g/mol. The van der Waals surface area contributed by atoms with Crippen molar-refractivity contribution in [2.45, 2.75) is 32.4 Å². The normalized spacial score (nSPS) is 12.1. The van der Waals surface area contributed by atoms with E-state index in [2.05, 4.69) is 10.3 Å². The number of fused-ring (bicyclic) bond motifs is 1. The van der Waals surface area contributed by atoms with Crippen LogP contribution in [0.15, 0.2) is 53.3 Å².